The number of nitrogens with zero attached hydrogens (tertiary/aromatic N) is 2. The lowest BCUT2D eigenvalue weighted by Crippen LogP contribution is -1.90. The zero-order chi connectivity index (χ0) is 8.97. The fourth-order valence-electron chi connectivity index (χ4n) is 0.873. The van der Waals surface area contributed by atoms with Gasteiger partial charge in [0, 0.05) is 11.3 Å². The molecule has 0 amide bonds. The summed E-state index contributed by atoms with van der Waals surface area (Å²) in [5.74, 6) is 0.511. The monoisotopic (exact) mass is 180 g/mol. The lowest BCUT2D eigenvalue weighted by atomic mass is 10.2. The van der Waals surface area contributed by atoms with Crippen LogP contribution in [-0.2, 0) is 6.42 Å². The fraction of sp³-hybridized carbons (Fsp3) is 0.556. The summed E-state index contributed by atoms with van der Waals surface area (Å²) in [7, 11) is 0. The van der Waals surface area contributed by atoms with Crippen molar-refractivity contribution in [2.75, 3.05) is 6.54 Å². The van der Waals surface area contributed by atoms with Crippen molar-refractivity contribution in [3.63, 3.8) is 0 Å². The molecule has 0 spiro atoms. The first-order chi connectivity index (χ1) is 5.74. The second kappa shape index (κ2) is 4.22. The van der Waals surface area contributed by atoms with Gasteiger partial charge in [-0.05, 0) is 0 Å². The Labute approximate surface area is 77.1 Å². The quantitative estimate of drug-likeness (QED) is 0.654. The minimum atomic E-state index is 0.511. The maximum Gasteiger partial charge on any atom is 0.220 e. The standard InChI is InChI=1S/C9H12N2S/c1-7(2)9-11-8(6-12-9)4-5-10-3/h6-7H,4-5H2,1-2H3. The summed E-state index contributed by atoms with van der Waals surface area (Å²) in [6, 6.07) is 0. The van der Waals surface area contributed by atoms with Gasteiger partial charge >= 0.3 is 0 Å². The molecule has 12 heavy (non-hydrogen) atoms. The van der Waals surface area contributed by atoms with E-state index in [1.807, 2.05) is 0 Å². The van der Waals surface area contributed by atoms with Gasteiger partial charge in [-0.1, -0.05) is 13.8 Å². The number of hydrogen-bond donors (Lipinski definition) is 0. The third kappa shape index (κ3) is 2.31. The largest absolute Gasteiger partial charge is 0.317 e. The Hall–Kier alpha value is -0.880. The molecular weight excluding hydrogens is 168 g/mol. The Morgan fingerprint density at radius 3 is 2.92 bits per heavy atom. The first-order valence-electron chi connectivity index (χ1n) is 4.01. The normalized spacial score (nSPS) is 10.2. The van der Waals surface area contributed by atoms with Crippen LogP contribution in [0.25, 0.3) is 4.85 Å². The highest BCUT2D eigenvalue weighted by atomic mass is 32.1. The van der Waals surface area contributed by atoms with Crippen LogP contribution in [0.1, 0.15) is 30.5 Å². The molecule has 0 N–H and O–H groups in total. The van der Waals surface area contributed by atoms with E-state index in [4.69, 9.17) is 6.57 Å². The highest BCUT2D eigenvalue weighted by Gasteiger charge is 2.05. The van der Waals surface area contributed by atoms with Crippen molar-refractivity contribution >= 4 is 11.3 Å². The van der Waals surface area contributed by atoms with Gasteiger partial charge in [-0.25, -0.2) is 11.6 Å². The smallest absolute Gasteiger partial charge is 0.220 e. The van der Waals surface area contributed by atoms with Crippen LogP contribution in [0.15, 0.2) is 5.38 Å². The summed E-state index contributed by atoms with van der Waals surface area (Å²) < 4.78 is 0. The van der Waals surface area contributed by atoms with E-state index in [1.54, 1.807) is 11.3 Å². The van der Waals surface area contributed by atoms with Crippen LogP contribution in [0, 0.1) is 6.57 Å². The van der Waals surface area contributed by atoms with Gasteiger partial charge in [0.25, 0.3) is 0 Å². The average molecular weight is 180 g/mol. The minimum Gasteiger partial charge on any atom is -0.317 e. The molecule has 64 valence electrons. The van der Waals surface area contributed by atoms with Crippen molar-refractivity contribution in [1.29, 1.82) is 0 Å². The molecular formula is C9H12N2S. The molecule has 0 radical (unpaired) electrons. The molecule has 1 aromatic rings. The number of hydrogen-bond acceptors (Lipinski definition) is 2. The Morgan fingerprint density at radius 1 is 1.67 bits per heavy atom. The van der Waals surface area contributed by atoms with Crippen molar-refractivity contribution in [3.05, 3.63) is 27.5 Å². The fourth-order valence-corrected chi connectivity index (χ4v) is 1.74. The predicted octanol–water partition coefficient (Wildman–Crippen LogP) is 2.73. The molecule has 0 fully saturated rings. The minimum absolute atomic E-state index is 0.511. The third-order valence-corrected chi connectivity index (χ3v) is 2.74. The summed E-state index contributed by atoms with van der Waals surface area (Å²) in [5.41, 5.74) is 1.07. The van der Waals surface area contributed by atoms with Crippen molar-refractivity contribution in [2.24, 2.45) is 0 Å². The molecule has 0 aliphatic carbocycles. The summed E-state index contributed by atoms with van der Waals surface area (Å²) in [4.78, 5) is 7.72. The van der Waals surface area contributed by atoms with Gasteiger partial charge in [0.05, 0.1) is 17.1 Å². The van der Waals surface area contributed by atoms with E-state index in [1.165, 1.54) is 5.01 Å². The van der Waals surface area contributed by atoms with E-state index < -0.39 is 0 Å². The molecule has 0 saturated heterocycles. The number of aromatic nitrogens is 1. The zero-order valence-corrected chi connectivity index (χ0v) is 8.19. The SMILES string of the molecule is [C-]#[N+]CCc1csc(C(C)C)n1. The molecule has 0 atom stereocenters. The van der Waals surface area contributed by atoms with Gasteiger partial charge in [0.15, 0.2) is 0 Å². The van der Waals surface area contributed by atoms with E-state index in [2.05, 4.69) is 29.1 Å². The molecule has 0 bridgehead atoms. The molecule has 0 saturated carbocycles. The molecule has 0 aromatic carbocycles. The summed E-state index contributed by atoms with van der Waals surface area (Å²) in [5, 5.41) is 3.23. The topological polar surface area (TPSA) is 17.2 Å². The maximum atomic E-state index is 6.64. The van der Waals surface area contributed by atoms with Gasteiger partial charge in [-0.2, -0.15) is 0 Å². The lowest BCUT2D eigenvalue weighted by molar-refractivity contribution is 0.838. The molecule has 0 aliphatic heterocycles. The molecule has 3 heteroatoms. The lowest BCUT2D eigenvalue weighted by Gasteiger charge is -1.95. The summed E-state index contributed by atoms with van der Waals surface area (Å²) in [6.45, 7) is 11.5. The molecule has 2 nitrogen and oxygen atoms in total. The first-order valence-corrected chi connectivity index (χ1v) is 4.89. The molecule has 1 rings (SSSR count). The van der Waals surface area contributed by atoms with Crippen LogP contribution < -0.4 is 0 Å². The van der Waals surface area contributed by atoms with E-state index in [-0.39, 0.29) is 0 Å². The van der Waals surface area contributed by atoms with Gasteiger partial charge in [-0.3, -0.25) is 0 Å². The third-order valence-electron chi connectivity index (χ3n) is 1.54. The van der Waals surface area contributed by atoms with Crippen LogP contribution in [0.5, 0.6) is 0 Å². The predicted molar refractivity (Wildman–Crippen MR) is 51.4 cm³/mol. The van der Waals surface area contributed by atoms with Crippen LogP contribution >= 0.6 is 11.3 Å². The molecule has 0 aliphatic rings. The van der Waals surface area contributed by atoms with E-state index in [0.29, 0.717) is 12.5 Å². The van der Waals surface area contributed by atoms with Crippen LogP contribution in [0.3, 0.4) is 0 Å². The van der Waals surface area contributed by atoms with Gasteiger partial charge < -0.3 is 4.85 Å². The van der Waals surface area contributed by atoms with Crippen LogP contribution in [0.2, 0.25) is 0 Å². The Kier molecular flexibility index (Phi) is 3.24. The second-order valence-corrected chi connectivity index (χ2v) is 3.85. The number of thiazole rings is 1. The Morgan fingerprint density at radius 2 is 2.42 bits per heavy atom. The molecule has 0 unspecified atom stereocenters. The summed E-state index contributed by atoms with van der Waals surface area (Å²) in [6.07, 6.45) is 0.798. The van der Waals surface area contributed by atoms with E-state index >= 15 is 0 Å². The van der Waals surface area contributed by atoms with Crippen molar-refractivity contribution in [2.45, 2.75) is 26.2 Å². The van der Waals surface area contributed by atoms with Gasteiger partial charge in [-0.15, -0.1) is 11.3 Å². The highest BCUT2D eigenvalue weighted by Crippen LogP contribution is 2.19. The zero-order valence-electron chi connectivity index (χ0n) is 7.37. The highest BCUT2D eigenvalue weighted by molar-refractivity contribution is 7.09. The van der Waals surface area contributed by atoms with Crippen molar-refractivity contribution in [3.8, 4) is 0 Å². The van der Waals surface area contributed by atoms with Gasteiger partial charge in [0.1, 0.15) is 0 Å². The second-order valence-electron chi connectivity index (χ2n) is 2.96. The number of rotatable bonds is 3. The van der Waals surface area contributed by atoms with Crippen LogP contribution in [0.4, 0.5) is 0 Å². The Bertz CT molecular complexity index is 283. The van der Waals surface area contributed by atoms with Crippen molar-refractivity contribution < 1.29 is 0 Å². The van der Waals surface area contributed by atoms with E-state index in [0.717, 1.165) is 12.1 Å². The van der Waals surface area contributed by atoms with Crippen LogP contribution in [-0.4, -0.2) is 11.5 Å². The van der Waals surface area contributed by atoms with E-state index in [9.17, 15) is 0 Å². The first kappa shape index (κ1) is 9.21. The van der Waals surface area contributed by atoms with Gasteiger partial charge in [0.2, 0.25) is 6.54 Å². The average Bonchev–Trinajstić information content (AvgIpc) is 2.48. The van der Waals surface area contributed by atoms with Crippen molar-refractivity contribution in [1.82, 2.24) is 4.98 Å². The maximum absolute atomic E-state index is 6.64. The molecule has 1 heterocycles. The Balaban J connectivity index is 2.59. The summed E-state index contributed by atoms with van der Waals surface area (Å²) >= 11 is 1.69. The molecule has 1 aromatic heterocycles.